The second-order valence-electron chi connectivity index (χ2n) is 11.5. The zero-order valence-corrected chi connectivity index (χ0v) is 24.4. The van der Waals surface area contributed by atoms with Crippen molar-refractivity contribution < 1.29 is 28.6 Å². The molecule has 2 aromatic carbocycles. The van der Waals surface area contributed by atoms with Crippen molar-refractivity contribution in [1.29, 1.82) is 0 Å². The predicted molar refractivity (Wildman–Crippen MR) is 164 cm³/mol. The van der Waals surface area contributed by atoms with Gasteiger partial charge >= 0.3 is 5.97 Å². The molecule has 7 rings (SSSR count). The fourth-order valence-electron chi connectivity index (χ4n) is 6.64. The molecule has 4 heterocycles. The normalized spacial score (nSPS) is 17.9. The van der Waals surface area contributed by atoms with Gasteiger partial charge in [-0.1, -0.05) is 37.3 Å². The maximum Gasteiger partial charge on any atom is 0.343 e. The molecule has 11 heteroatoms. The van der Waals surface area contributed by atoms with Crippen LogP contribution in [-0.4, -0.2) is 39.0 Å². The summed E-state index contributed by atoms with van der Waals surface area (Å²) >= 11 is 0. The number of cyclic esters (lactones) is 1. The van der Waals surface area contributed by atoms with Crippen molar-refractivity contribution in [2.24, 2.45) is 0 Å². The largest absolute Gasteiger partial charge is 0.458 e. The number of carbonyl (C=O) groups is 3. The van der Waals surface area contributed by atoms with Crippen LogP contribution in [0.15, 0.2) is 53.3 Å². The van der Waals surface area contributed by atoms with E-state index in [-0.39, 0.29) is 48.5 Å². The van der Waals surface area contributed by atoms with Crippen molar-refractivity contribution in [3.63, 3.8) is 0 Å². The van der Waals surface area contributed by atoms with Crippen LogP contribution >= 0.6 is 0 Å². The van der Waals surface area contributed by atoms with E-state index >= 15 is 4.39 Å². The van der Waals surface area contributed by atoms with Gasteiger partial charge in [-0.3, -0.25) is 14.4 Å². The average molecular weight is 609 g/mol. The number of hydrogen-bond donors (Lipinski definition) is 3. The number of nitrogens with one attached hydrogen (secondary N) is 2. The molecule has 45 heavy (non-hydrogen) atoms. The minimum Gasteiger partial charge on any atom is -0.458 e. The van der Waals surface area contributed by atoms with E-state index in [1.54, 1.807) is 23.6 Å². The first-order valence-electron chi connectivity index (χ1n) is 14.8. The van der Waals surface area contributed by atoms with E-state index in [2.05, 4.69) is 10.6 Å². The lowest BCUT2D eigenvalue weighted by Crippen LogP contribution is -2.44. The van der Waals surface area contributed by atoms with Crippen LogP contribution in [0.5, 0.6) is 0 Å². The van der Waals surface area contributed by atoms with Gasteiger partial charge in [-0.15, -0.1) is 0 Å². The highest BCUT2D eigenvalue weighted by molar-refractivity contribution is 6.02. The highest BCUT2D eigenvalue weighted by Crippen LogP contribution is 2.44. The zero-order valence-electron chi connectivity index (χ0n) is 24.4. The maximum atomic E-state index is 15.6. The first-order chi connectivity index (χ1) is 21.7. The van der Waals surface area contributed by atoms with Gasteiger partial charge in [0.05, 0.1) is 41.2 Å². The Morgan fingerprint density at radius 1 is 1.11 bits per heavy atom. The Balaban J connectivity index is 1.21. The molecule has 0 fully saturated rings. The summed E-state index contributed by atoms with van der Waals surface area (Å²) < 4.78 is 22.3. The summed E-state index contributed by atoms with van der Waals surface area (Å²) in [4.78, 5) is 56.0. The predicted octanol–water partition coefficient (Wildman–Crippen LogP) is 3.48. The monoisotopic (exact) mass is 608 g/mol. The second-order valence-corrected chi connectivity index (χ2v) is 11.5. The Bertz CT molecular complexity index is 2040. The highest BCUT2D eigenvalue weighted by Gasteiger charge is 2.45. The molecular formula is C34H29FN4O6. The van der Waals surface area contributed by atoms with E-state index in [1.807, 2.05) is 30.3 Å². The topological polar surface area (TPSA) is 140 Å². The number of pyridine rings is 2. The van der Waals surface area contributed by atoms with Crippen LogP contribution in [0.25, 0.3) is 28.4 Å². The number of aryl methyl sites for hydroxylation is 2. The lowest BCUT2D eigenvalue weighted by Gasteiger charge is -2.31. The Labute approximate surface area is 256 Å². The van der Waals surface area contributed by atoms with Crippen LogP contribution in [-0.2, 0) is 50.7 Å². The molecular weight excluding hydrogens is 579 g/mol. The van der Waals surface area contributed by atoms with Gasteiger partial charge in [0, 0.05) is 28.7 Å². The standard InChI is InChI=1S/C34H29FN4O6/c1-2-34(44)23-13-26-31-21(16-39(26)32(42)22(23)17-45-33(34)43)19-9-6-10-20-29(19)25(37-31)14-24(35)30(20)38-28(41)15-36-27(40)12-11-18-7-4-3-5-8-18/h3-5,7-8,11-14,44H,2,6,9-10,15-17H2,1H3,(H,36,40)(H,38,41)/t34-/m0/s1. The zero-order chi connectivity index (χ0) is 31.5. The molecule has 0 saturated carbocycles. The number of hydrogen-bond acceptors (Lipinski definition) is 7. The lowest BCUT2D eigenvalue weighted by atomic mass is 9.85. The van der Waals surface area contributed by atoms with Crippen molar-refractivity contribution in [2.45, 2.75) is 51.4 Å². The first kappa shape index (κ1) is 28.6. The van der Waals surface area contributed by atoms with Crippen LogP contribution in [0.2, 0.25) is 0 Å². The number of amides is 2. The number of ether oxygens (including phenoxy) is 1. The molecule has 1 aliphatic carbocycles. The maximum absolute atomic E-state index is 15.6. The number of anilines is 1. The van der Waals surface area contributed by atoms with Gasteiger partial charge in [0.1, 0.15) is 12.4 Å². The Hall–Kier alpha value is -5.16. The molecule has 2 aliphatic heterocycles. The summed E-state index contributed by atoms with van der Waals surface area (Å²) in [6.07, 6.45) is 4.85. The van der Waals surface area contributed by atoms with Gasteiger partial charge < -0.3 is 25.0 Å². The Morgan fingerprint density at radius 2 is 1.89 bits per heavy atom. The SMILES string of the molecule is CC[C@@]1(O)C(=O)OCc2c1cc1n(c2=O)Cc2c-1nc1cc(F)c(NC(=O)CNC(=O)C=Cc3ccccc3)c3c1c2CCC3. The van der Waals surface area contributed by atoms with Gasteiger partial charge in [-0.05, 0) is 54.5 Å². The van der Waals surface area contributed by atoms with E-state index < -0.39 is 29.2 Å². The van der Waals surface area contributed by atoms with Crippen LogP contribution in [0.4, 0.5) is 10.1 Å². The average Bonchev–Trinajstić information content (AvgIpc) is 3.42. The van der Waals surface area contributed by atoms with Crippen molar-refractivity contribution in [2.75, 3.05) is 11.9 Å². The molecule has 4 aromatic rings. The van der Waals surface area contributed by atoms with Gasteiger partial charge in [0.15, 0.2) is 5.60 Å². The minimum absolute atomic E-state index is 0.0299. The quantitative estimate of drug-likeness (QED) is 0.198. The van der Waals surface area contributed by atoms with Crippen molar-refractivity contribution >= 4 is 40.4 Å². The number of carbonyl (C=O) groups excluding carboxylic acids is 3. The van der Waals surface area contributed by atoms with Gasteiger partial charge in [0.2, 0.25) is 11.8 Å². The summed E-state index contributed by atoms with van der Waals surface area (Å²) in [7, 11) is 0. The smallest absolute Gasteiger partial charge is 0.343 e. The number of aromatic nitrogens is 2. The Kier molecular flexibility index (Phi) is 6.85. The number of benzene rings is 2. The van der Waals surface area contributed by atoms with Crippen molar-refractivity contribution in [3.05, 3.63) is 98.1 Å². The number of nitrogens with zero attached hydrogens (tertiary/aromatic N) is 2. The molecule has 10 nitrogen and oxygen atoms in total. The van der Waals surface area contributed by atoms with E-state index in [9.17, 15) is 24.3 Å². The van der Waals surface area contributed by atoms with Gasteiger partial charge in [0.25, 0.3) is 5.56 Å². The molecule has 228 valence electrons. The molecule has 3 aliphatic rings. The summed E-state index contributed by atoms with van der Waals surface area (Å²) in [5, 5.41) is 17.1. The number of rotatable bonds is 6. The summed E-state index contributed by atoms with van der Waals surface area (Å²) in [6, 6.07) is 12.2. The third kappa shape index (κ3) is 4.62. The molecule has 0 spiro atoms. The van der Waals surface area contributed by atoms with E-state index in [1.165, 1.54) is 12.1 Å². The third-order valence-corrected chi connectivity index (χ3v) is 8.92. The summed E-state index contributed by atoms with van der Waals surface area (Å²) in [5.74, 6) is -2.49. The molecule has 0 radical (unpaired) electrons. The van der Waals surface area contributed by atoms with Crippen LogP contribution in [0, 0.1) is 5.82 Å². The lowest BCUT2D eigenvalue weighted by molar-refractivity contribution is -0.172. The number of aliphatic hydroxyl groups is 1. The Morgan fingerprint density at radius 3 is 2.67 bits per heavy atom. The van der Waals surface area contributed by atoms with Crippen molar-refractivity contribution in [1.82, 2.24) is 14.9 Å². The molecule has 2 amide bonds. The molecule has 1 atom stereocenters. The fourth-order valence-corrected chi connectivity index (χ4v) is 6.64. The molecule has 2 aromatic heterocycles. The van der Waals surface area contributed by atoms with E-state index in [0.717, 1.165) is 22.1 Å². The summed E-state index contributed by atoms with van der Waals surface area (Å²) in [5.41, 5.74) is 2.72. The number of halogens is 1. The highest BCUT2D eigenvalue weighted by atomic mass is 19.1. The fraction of sp³-hybridized carbons (Fsp3) is 0.265. The van der Waals surface area contributed by atoms with Crippen LogP contribution < -0.4 is 16.2 Å². The summed E-state index contributed by atoms with van der Waals surface area (Å²) in [6.45, 7) is 1.30. The first-order valence-corrected chi connectivity index (χ1v) is 14.8. The molecule has 0 bridgehead atoms. The molecule has 0 unspecified atom stereocenters. The molecule has 0 saturated heterocycles. The van der Waals surface area contributed by atoms with Crippen LogP contribution in [0.3, 0.4) is 0 Å². The van der Waals surface area contributed by atoms with Gasteiger partial charge in [-0.2, -0.15) is 0 Å². The van der Waals surface area contributed by atoms with Crippen molar-refractivity contribution in [3.8, 4) is 11.4 Å². The second kappa shape index (κ2) is 10.8. The van der Waals surface area contributed by atoms with E-state index in [0.29, 0.717) is 41.7 Å². The van der Waals surface area contributed by atoms with Crippen LogP contribution in [0.1, 0.15) is 53.1 Å². The molecule has 3 N–H and O–H groups in total. The van der Waals surface area contributed by atoms with E-state index in [4.69, 9.17) is 9.72 Å². The van der Waals surface area contributed by atoms with Gasteiger partial charge in [-0.25, -0.2) is 14.2 Å². The number of esters is 1. The minimum atomic E-state index is -1.94. The number of fused-ring (bicyclic) bond motifs is 5. The third-order valence-electron chi connectivity index (χ3n) is 8.92.